The van der Waals surface area contributed by atoms with Crippen molar-refractivity contribution in [3.05, 3.63) is 68.6 Å². The number of carbonyl (C=O) groups excluding carboxylic acids is 2. The zero-order valence-electron chi connectivity index (χ0n) is 22.0. The number of aliphatic carboxylic acids is 1. The second kappa shape index (κ2) is 12.7. The van der Waals surface area contributed by atoms with Crippen LogP contribution in [0.2, 0.25) is 0 Å². The molecule has 0 bridgehead atoms. The van der Waals surface area contributed by atoms with E-state index in [1.165, 1.54) is 25.3 Å². The Balaban J connectivity index is 1.99. The summed E-state index contributed by atoms with van der Waals surface area (Å²) >= 11 is 0. The third-order valence-corrected chi connectivity index (χ3v) is 6.01. The molecule has 0 amide bonds. The summed E-state index contributed by atoms with van der Waals surface area (Å²) in [6.45, 7) is 3.13. The highest BCUT2D eigenvalue weighted by atomic mass is 16.9. The summed E-state index contributed by atoms with van der Waals surface area (Å²) in [5.74, 6) is -2.65. The van der Waals surface area contributed by atoms with E-state index in [1.807, 2.05) is 0 Å². The van der Waals surface area contributed by atoms with Crippen molar-refractivity contribution < 1.29 is 48.0 Å². The van der Waals surface area contributed by atoms with Crippen molar-refractivity contribution in [2.45, 2.75) is 38.5 Å². The Hall–Kier alpha value is -4.94. The number of fused-ring (bicyclic) bond motifs is 3. The SMILES string of the molecule is COc1ccc2c(=O)oc3cc(C(C)(C)C(=O)OCCCCCO[N+](=O)[O-])cc(OC(=O)/C=C\C(=O)O)c3c2c1. The van der Waals surface area contributed by atoms with Crippen molar-refractivity contribution in [2.24, 2.45) is 0 Å². The molecule has 40 heavy (non-hydrogen) atoms. The fourth-order valence-electron chi connectivity index (χ4n) is 3.83. The van der Waals surface area contributed by atoms with Crippen molar-refractivity contribution >= 4 is 39.6 Å². The Morgan fingerprint density at radius 3 is 2.45 bits per heavy atom. The highest BCUT2D eigenvalue weighted by Gasteiger charge is 2.33. The van der Waals surface area contributed by atoms with E-state index in [-0.39, 0.29) is 35.3 Å². The number of hydrogen-bond donors (Lipinski definition) is 1. The number of rotatable bonds is 13. The summed E-state index contributed by atoms with van der Waals surface area (Å²) in [7, 11) is 1.44. The number of benzene rings is 2. The average Bonchev–Trinajstić information content (AvgIpc) is 2.90. The largest absolute Gasteiger partial charge is 0.497 e. The van der Waals surface area contributed by atoms with Crippen molar-refractivity contribution in [3.8, 4) is 11.5 Å². The maximum atomic E-state index is 13.0. The first-order valence-electron chi connectivity index (χ1n) is 12.1. The lowest BCUT2D eigenvalue weighted by Crippen LogP contribution is -2.31. The Labute approximate surface area is 227 Å². The van der Waals surface area contributed by atoms with Crippen LogP contribution in [0.25, 0.3) is 21.7 Å². The van der Waals surface area contributed by atoms with Crippen molar-refractivity contribution in [3.63, 3.8) is 0 Å². The summed E-state index contributed by atoms with van der Waals surface area (Å²) < 4.78 is 21.7. The second-order valence-electron chi connectivity index (χ2n) is 9.12. The van der Waals surface area contributed by atoms with E-state index < -0.39 is 34.0 Å². The Morgan fingerprint density at radius 2 is 1.77 bits per heavy atom. The molecule has 0 unspecified atom stereocenters. The molecule has 2 aromatic carbocycles. The molecule has 0 aliphatic carbocycles. The molecule has 0 saturated carbocycles. The van der Waals surface area contributed by atoms with Crippen molar-refractivity contribution in [2.75, 3.05) is 20.3 Å². The molecule has 0 aliphatic rings. The minimum atomic E-state index is -1.36. The zero-order chi connectivity index (χ0) is 29.4. The monoisotopic (exact) mass is 557 g/mol. The quantitative estimate of drug-likeness (QED) is 0.0471. The van der Waals surface area contributed by atoms with E-state index in [1.54, 1.807) is 26.0 Å². The minimum Gasteiger partial charge on any atom is -0.497 e. The lowest BCUT2D eigenvalue weighted by molar-refractivity contribution is -0.757. The number of esters is 2. The maximum Gasteiger partial charge on any atom is 0.344 e. The topological polar surface area (TPSA) is 182 Å². The van der Waals surface area contributed by atoms with E-state index >= 15 is 0 Å². The van der Waals surface area contributed by atoms with Crippen LogP contribution in [-0.2, 0) is 29.4 Å². The third kappa shape index (κ3) is 7.12. The van der Waals surface area contributed by atoms with Gasteiger partial charge >= 0.3 is 23.5 Å². The molecule has 0 radical (unpaired) electrons. The number of carbonyl (C=O) groups is 3. The van der Waals surface area contributed by atoms with Crippen LogP contribution in [-0.4, -0.2) is 48.4 Å². The van der Waals surface area contributed by atoms with E-state index in [4.69, 9.17) is 23.7 Å². The molecular formula is C27H27NO12. The van der Waals surface area contributed by atoms with Gasteiger partial charge in [-0.05, 0) is 69.0 Å². The normalized spacial score (nSPS) is 11.5. The first-order chi connectivity index (χ1) is 18.9. The predicted octanol–water partition coefficient (Wildman–Crippen LogP) is 3.70. The van der Waals surface area contributed by atoms with Crippen LogP contribution in [0, 0.1) is 10.1 Å². The van der Waals surface area contributed by atoms with Gasteiger partial charge in [0.05, 0.1) is 36.5 Å². The van der Waals surface area contributed by atoms with E-state index in [2.05, 4.69) is 4.84 Å². The summed E-state index contributed by atoms with van der Waals surface area (Å²) in [6.07, 6.45) is 2.72. The standard InChI is InChI=1S/C27H27NO12/c1-27(2,26(33)37-11-5-4-6-12-38-28(34)35)16-13-20(39-23(31)10-9-22(29)30)24-19-15-17(36-3)7-8-18(19)25(32)40-21(24)14-16/h7-10,13-15H,4-6,11-12H2,1-3H3,(H,29,30)/b10-9-. The van der Waals surface area contributed by atoms with E-state index in [0.29, 0.717) is 42.0 Å². The Kier molecular flexibility index (Phi) is 9.43. The van der Waals surface area contributed by atoms with Crippen LogP contribution in [0.3, 0.4) is 0 Å². The molecule has 0 fully saturated rings. The average molecular weight is 558 g/mol. The maximum absolute atomic E-state index is 13.0. The predicted molar refractivity (Wildman–Crippen MR) is 140 cm³/mol. The van der Waals surface area contributed by atoms with Gasteiger partial charge in [0.1, 0.15) is 17.1 Å². The zero-order valence-corrected chi connectivity index (χ0v) is 22.0. The van der Waals surface area contributed by atoms with Gasteiger partial charge in [-0.25, -0.2) is 14.4 Å². The van der Waals surface area contributed by atoms with Gasteiger partial charge in [-0.3, -0.25) is 4.79 Å². The van der Waals surface area contributed by atoms with Gasteiger partial charge in [0.25, 0.3) is 5.09 Å². The first-order valence-corrected chi connectivity index (χ1v) is 12.1. The lowest BCUT2D eigenvalue weighted by atomic mass is 9.84. The van der Waals surface area contributed by atoms with Gasteiger partial charge in [-0.1, -0.05) is 0 Å². The molecular weight excluding hydrogens is 530 g/mol. The molecule has 1 N–H and O–H groups in total. The van der Waals surface area contributed by atoms with Gasteiger partial charge in [0.2, 0.25) is 0 Å². The first kappa shape index (κ1) is 29.6. The highest BCUT2D eigenvalue weighted by Crippen LogP contribution is 2.38. The van der Waals surface area contributed by atoms with Crippen LogP contribution >= 0.6 is 0 Å². The van der Waals surface area contributed by atoms with Gasteiger partial charge in [0.15, 0.2) is 0 Å². The number of carboxylic acids is 1. The van der Waals surface area contributed by atoms with Crippen molar-refractivity contribution in [1.82, 2.24) is 0 Å². The third-order valence-electron chi connectivity index (χ3n) is 6.01. The van der Waals surface area contributed by atoms with E-state index in [9.17, 15) is 29.3 Å². The fourth-order valence-corrected chi connectivity index (χ4v) is 3.83. The van der Waals surface area contributed by atoms with Gasteiger partial charge < -0.3 is 28.6 Å². The van der Waals surface area contributed by atoms with Crippen LogP contribution in [0.15, 0.2) is 51.7 Å². The lowest BCUT2D eigenvalue weighted by Gasteiger charge is -2.24. The number of unbranched alkanes of at least 4 members (excludes halogenated alkanes) is 2. The van der Waals surface area contributed by atoms with Gasteiger partial charge in [-0.15, -0.1) is 10.1 Å². The molecule has 13 heteroatoms. The molecule has 3 aromatic rings. The number of methoxy groups -OCH3 is 1. The van der Waals surface area contributed by atoms with Gasteiger partial charge in [0, 0.05) is 17.5 Å². The Bertz CT molecular complexity index is 1540. The fraction of sp³-hybridized carbons (Fsp3) is 0.333. The molecule has 13 nitrogen and oxygen atoms in total. The molecule has 0 spiro atoms. The summed E-state index contributed by atoms with van der Waals surface area (Å²) in [5.41, 5.74) is -1.67. The van der Waals surface area contributed by atoms with Crippen LogP contribution < -0.4 is 15.1 Å². The summed E-state index contributed by atoms with van der Waals surface area (Å²) in [5, 5.41) is 18.9. The molecule has 212 valence electrons. The van der Waals surface area contributed by atoms with Gasteiger partial charge in [-0.2, -0.15) is 0 Å². The summed E-state index contributed by atoms with van der Waals surface area (Å²) in [4.78, 5) is 63.5. The molecule has 0 saturated heterocycles. The van der Waals surface area contributed by atoms with Crippen LogP contribution in [0.5, 0.6) is 11.5 Å². The highest BCUT2D eigenvalue weighted by molar-refractivity contribution is 6.09. The molecule has 3 rings (SSSR count). The smallest absolute Gasteiger partial charge is 0.344 e. The van der Waals surface area contributed by atoms with E-state index in [0.717, 1.165) is 6.08 Å². The van der Waals surface area contributed by atoms with Crippen LogP contribution in [0.4, 0.5) is 0 Å². The number of nitrogens with zero attached hydrogens (tertiary/aromatic N) is 1. The number of carboxylic acid groups (broad SMARTS) is 1. The minimum absolute atomic E-state index is 0.0138. The molecule has 0 aliphatic heterocycles. The molecule has 1 heterocycles. The summed E-state index contributed by atoms with van der Waals surface area (Å²) in [6, 6.07) is 7.51. The molecule has 1 aromatic heterocycles. The Morgan fingerprint density at radius 1 is 1.05 bits per heavy atom. The number of ether oxygens (including phenoxy) is 3. The second-order valence-corrected chi connectivity index (χ2v) is 9.12. The van der Waals surface area contributed by atoms with Crippen molar-refractivity contribution in [1.29, 1.82) is 0 Å². The molecule has 0 atom stereocenters. The van der Waals surface area contributed by atoms with Crippen LogP contribution in [0.1, 0.15) is 38.7 Å². The number of hydrogen-bond acceptors (Lipinski definition) is 11.